The molecule has 0 aliphatic heterocycles. The van der Waals surface area contributed by atoms with Crippen LogP contribution in [0.1, 0.15) is 43.0 Å². The Kier molecular flexibility index (Phi) is 16.2. The summed E-state index contributed by atoms with van der Waals surface area (Å²) in [6.07, 6.45) is 16.2. The lowest BCUT2D eigenvalue weighted by Crippen LogP contribution is -3.00. The summed E-state index contributed by atoms with van der Waals surface area (Å²) < 4.78 is 6.21. The molecule has 0 atom stereocenters. The Morgan fingerprint density at radius 3 is 2.13 bits per heavy atom. The van der Waals surface area contributed by atoms with E-state index in [1.54, 1.807) is 12.1 Å². The van der Waals surface area contributed by atoms with Crippen molar-refractivity contribution >= 4 is 6.29 Å². The van der Waals surface area contributed by atoms with Crippen LogP contribution in [0.15, 0.2) is 43.2 Å². The monoisotopic (exact) mass is 543 g/mol. The van der Waals surface area contributed by atoms with Crippen LogP contribution in [-0.4, -0.2) is 10.9 Å². The molecular weight excluding hydrogens is 516 g/mol. The molecule has 0 bridgehead atoms. The van der Waals surface area contributed by atoms with Gasteiger partial charge in [-0.2, -0.15) is 0 Å². The zero-order chi connectivity index (χ0) is 15.5. The van der Waals surface area contributed by atoms with Gasteiger partial charge in [-0.25, -0.2) is 13.7 Å². The molecule has 4 nitrogen and oxygen atoms in total. The Hall–Kier alpha value is -0.510. The number of pyridine rings is 1. The molecule has 6 heteroatoms. The first-order valence-corrected chi connectivity index (χ1v) is 7.57. The van der Waals surface area contributed by atoms with E-state index in [2.05, 4.69) is 41.8 Å². The van der Waals surface area contributed by atoms with Crippen LogP contribution in [0.25, 0.3) is 0 Å². The van der Waals surface area contributed by atoms with Crippen LogP contribution in [0.4, 0.5) is 0 Å². The van der Waals surface area contributed by atoms with Gasteiger partial charge in [-0.15, -0.1) is 0 Å². The highest BCUT2D eigenvalue weighted by Crippen LogP contribution is 2.00. The molecule has 0 saturated carbocycles. The number of aldehydes is 1. The summed E-state index contributed by atoms with van der Waals surface area (Å²) in [7, 11) is 3.97. The van der Waals surface area contributed by atoms with Crippen LogP contribution in [0.5, 0.6) is 0 Å². The molecule has 0 amide bonds. The molecule has 0 fully saturated rings. The number of hydrogen-bond acceptors (Lipinski definition) is 1. The Morgan fingerprint density at radius 1 is 1.00 bits per heavy atom. The highest BCUT2D eigenvalue weighted by Gasteiger charge is 1.98. The molecule has 0 N–H and O–H groups in total. The first-order valence-electron chi connectivity index (χ1n) is 7.57. The molecule has 2 heterocycles. The molecule has 23 heavy (non-hydrogen) atoms. The molecule has 0 spiro atoms. The summed E-state index contributed by atoms with van der Waals surface area (Å²) in [4.78, 5) is 10.1. The van der Waals surface area contributed by atoms with E-state index in [0.717, 1.165) is 6.29 Å². The number of aryl methyl sites for hydroxylation is 3. The zero-order valence-corrected chi connectivity index (χ0v) is 18.5. The topological polar surface area (TPSA) is 29.8 Å². The van der Waals surface area contributed by atoms with Crippen molar-refractivity contribution in [2.24, 2.45) is 14.1 Å². The van der Waals surface area contributed by atoms with Gasteiger partial charge in [0.15, 0.2) is 18.7 Å². The third-order valence-corrected chi connectivity index (χ3v) is 3.23. The van der Waals surface area contributed by atoms with E-state index in [1.165, 1.54) is 32.2 Å². The Balaban J connectivity index is 0. The average Bonchev–Trinajstić information content (AvgIpc) is 2.91. The van der Waals surface area contributed by atoms with E-state index in [1.807, 2.05) is 24.0 Å². The van der Waals surface area contributed by atoms with Crippen molar-refractivity contribution in [2.75, 3.05) is 0 Å². The molecule has 2 aromatic rings. The number of carbonyl (C=O) groups excluding carboxylic acids is 1. The fourth-order valence-corrected chi connectivity index (χ4v) is 1.95. The minimum absolute atomic E-state index is 0. The fourth-order valence-electron chi connectivity index (χ4n) is 1.95. The first-order chi connectivity index (χ1) is 10.2. The number of hydrogen-bond donors (Lipinski definition) is 0. The van der Waals surface area contributed by atoms with Crippen LogP contribution >= 0.6 is 0 Å². The Morgan fingerprint density at radius 2 is 1.65 bits per heavy atom. The lowest BCUT2D eigenvalue weighted by atomic mass is 10.2. The number of unbranched alkanes of at least 4 members (excludes halogenated alkanes) is 3. The van der Waals surface area contributed by atoms with Crippen molar-refractivity contribution < 1.29 is 61.9 Å². The Bertz CT molecular complexity index is 527. The maximum absolute atomic E-state index is 10.1. The van der Waals surface area contributed by atoms with Crippen molar-refractivity contribution in [1.82, 2.24) is 4.57 Å². The van der Waals surface area contributed by atoms with Crippen molar-refractivity contribution in [2.45, 2.75) is 39.2 Å². The molecule has 130 valence electrons. The van der Waals surface area contributed by atoms with Gasteiger partial charge < -0.3 is 48.0 Å². The zero-order valence-electron chi connectivity index (χ0n) is 14.2. The predicted octanol–water partition coefficient (Wildman–Crippen LogP) is -3.78. The molecular formula is C17H27I2N3O. The van der Waals surface area contributed by atoms with Gasteiger partial charge in [-0.3, -0.25) is 4.79 Å². The quantitative estimate of drug-likeness (QED) is 0.159. The second kappa shape index (κ2) is 15.0. The third-order valence-electron chi connectivity index (χ3n) is 3.23. The van der Waals surface area contributed by atoms with E-state index in [4.69, 9.17) is 0 Å². The third kappa shape index (κ3) is 11.6. The minimum atomic E-state index is 0. The highest BCUT2D eigenvalue weighted by atomic mass is 127. The smallest absolute Gasteiger partial charge is 0.243 e. The van der Waals surface area contributed by atoms with Crippen LogP contribution < -0.4 is 57.1 Å². The van der Waals surface area contributed by atoms with Crippen LogP contribution in [0.3, 0.4) is 0 Å². The van der Waals surface area contributed by atoms with E-state index in [0.29, 0.717) is 5.56 Å². The largest absolute Gasteiger partial charge is 1.00 e. The number of imidazole rings is 1. The van der Waals surface area contributed by atoms with Crippen LogP contribution in [0, 0.1) is 0 Å². The molecule has 2 rings (SSSR count). The van der Waals surface area contributed by atoms with Gasteiger partial charge in [-0.1, -0.05) is 19.8 Å². The molecule has 0 radical (unpaired) electrons. The molecule has 0 saturated heterocycles. The van der Waals surface area contributed by atoms with Gasteiger partial charge >= 0.3 is 0 Å². The fraction of sp³-hybridized carbons (Fsp3) is 0.471. The van der Waals surface area contributed by atoms with Crippen molar-refractivity contribution in [1.29, 1.82) is 0 Å². The summed E-state index contributed by atoms with van der Waals surface area (Å²) >= 11 is 0. The second-order valence-corrected chi connectivity index (χ2v) is 5.29. The average molecular weight is 543 g/mol. The van der Waals surface area contributed by atoms with E-state index in [-0.39, 0.29) is 48.0 Å². The van der Waals surface area contributed by atoms with Gasteiger partial charge in [-0.05, 0) is 12.8 Å². The van der Waals surface area contributed by atoms with Gasteiger partial charge in [0, 0.05) is 17.7 Å². The van der Waals surface area contributed by atoms with Gasteiger partial charge in [0.05, 0.1) is 13.6 Å². The second-order valence-electron chi connectivity index (χ2n) is 5.29. The number of nitrogens with zero attached hydrogens (tertiary/aromatic N) is 3. The number of rotatable bonds is 6. The van der Waals surface area contributed by atoms with Crippen LogP contribution in [-0.2, 0) is 20.6 Å². The van der Waals surface area contributed by atoms with E-state index in [9.17, 15) is 4.79 Å². The molecule has 0 aliphatic carbocycles. The minimum Gasteiger partial charge on any atom is -1.00 e. The van der Waals surface area contributed by atoms with Gasteiger partial charge in [0.2, 0.25) is 6.33 Å². The van der Waals surface area contributed by atoms with Crippen molar-refractivity contribution in [3.8, 4) is 0 Å². The van der Waals surface area contributed by atoms with Crippen molar-refractivity contribution in [3.05, 3.63) is 48.8 Å². The normalized spacial score (nSPS) is 9.00. The Labute approximate surface area is 174 Å². The highest BCUT2D eigenvalue weighted by molar-refractivity contribution is 5.73. The molecule has 0 unspecified atom stereocenters. The maximum atomic E-state index is 10.1. The SMILES string of the molecule is CCCCCCn1cc[n+](C)c1.C[n+]1ccc(C=O)cc1.[I-].[I-]. The molecule has 0 aliphatic rings. The number of carbonyl (C=O) groups is 1. The first kappa shape index (κ1) is 24.7. The maximum Gasteiger partial charge on any atom is 0.243 e. The van der Waals surface area contributed by atoms with Gasteiger partial charge in [0.1, 0.15) is 19.4 Å². The lowest BCUT2D eigenvalue weighted by Gasteiger charge is -1.95. The lowest BCUT2D eigenvalue weighted by molar-refractivity contribution is -0.671. The standard InChI is InChI=1S/C10H19N2.C7H8NO.2HI/c1-3-4-5-6-7-12-9-8-11(2)10-12;1-8-4-2-7(6-9)3-5-8;;/h8-10H,3-7H2,1-2H3;2-6H,1H3;2*1H/q2*+1;;/p-2. The number of aromatic nitrogens is 3. The molecule has 2 aromatic heterocycles. The van der Waals surface area contributed by atoms with E-state index < -0.39 is 0 Å². The summed E-state index contributed by atoms with van der Waals surface area (Å²) in [5.41, 5.74) is 0.716. The molecule has 0 aromatic carbocycles. The summed E-state index contributed by atoms with van der Waals surface area (Å²) in [5.74, 6) is 0. The summed E-state index contributed by atoms with van der Waals surface area (Å²) in [5, 5.41) is 0. The number of halogens is 2. The van der Waals surface area contributed by atoms with Crippen molar-refractivity contribution in [3.63, 3.8) is 0 Å². The van der Waals surface area contributed by atoms with Crippen LogP contribution in [0.2, 0.25) is 0 Å². The summed E-state index contributed by atoms with van der Waals surface area (Å²) in [6, 6.07) is 3.54. The van der Waals surface area contributed by atoms with Gasteiger partial charge in [0.25, 0.3) is 0 Å². The van der Waals surface area contributed by atoms with E-state index >= 15 is 0 Å². The summed E-state index contributed by atoms with van der Waals surface area (Å²) in [6.45, 7) is 3.41. The predicted molar refractivity (Wildman–Crippen MR) is 82.8 cm³/mol.